The van der Waals surface area contributed by atoms with Gasteiger partial charge in [-0.15, -0.1) is 0 Å². The molecule has 4 heteroatoms. The Bertz CT molecular complexity index is 617. The average Bonchev–Trinajstić information content (AvgIpc) is 2.46. The first-order valence-electron chi connectivity index (χ1n) is 6.86. The van der Waals surface area contributed by atoms with E-state index < -0.39 is 0 Å². The zero-order chi connectivity index (χ0) is 15.4. The Morgan fingerprint density at radius 1 is 1.10 bits per heavy atom. The maximum Gasteiger partial charge on any atom is 0.131 e. The largest absolute Gasteiger partial charge is 0.497 e. The van der Waals surface area contributed by atoms with Crippen molar-refractivity contribution in [2.45, 2.75) is 25.9 Å². The summed E-state index contributed by atoms with van der Waals surface area (Å²) in [6.45, 7) is 3.97. The fourth-order valence-electron chi connectivity index (χ4n) is 2.32. The maximum atomic E-state index is 14.1. The fourth-order valence-corrected chi connectivity index (χ4v) is 2.52. The van der Waals surface area contributed by atoms with Crippen molar-refractivity contribution in [1.82, 2.24) is 5.32 Å². The van der Waals surface area contributed by atoms with Gasteiger partial charge in [0, 0.05) is 28.7 Å². The first kappa shape index (κ1) is 15.8. The molecule has 21 heavy (non-hydrogen) atoms. The average molecular weight is 308 g/mol. The summed E-state index contributed by atoms with van der Waals surface area (Å²) in [6.07, 6.45) is 0. The van der Waals surface area contributed by atoms with Crippen molar-refractivity contribution in [1.29, 1.82) is 0 Å². The van der Waals surface area contributed by atoms with Gasteiger partial charge in [0.25, 0.3) is 0 Å². The summed E-state index contributed by atoms with van der Waals surface area (Å²) in [5.74, 6) is 0.249. The number of halogens is 2. The smallest absolute Gasteiger partial charge is 0.131 e. The van der Waals surface area contributed by atoms with Crippen LogP contribution in [0.5, 0.6) is 5.75 Å². The molecule has 2 aromatic rings. The Kier molecular flexibility index (Phi) is 5.21. The number of ether oxygens (including phenoxy) is 1. The summed E-state index contributed by atoms with van der Waals surface area (Å²) in [7, 11) is 1.53. The number of hydrogen-bond acceptors (Lipinski definition) is 2. The van der Waals surface area contributed by atoms with Gasteiger partial charge >= 0.3 is 0 Å². The van der Waals surface area contributed by atoms with Crippen LogP contribution < -0.4 is 10.1 Å². The van der Waals surface area contributed by atoms with Crippen LogP contribution >= 0.6 is 11.6 Å². The van der Waals surface area contributed by atoms with Crippen molar-refractivity contribution in [3.05, 3.63) is 64.4 Å². The molecule has 2 nitrogen and oxygen atoms in total. The molecular formula is C17H19ClFNO. The Morgan fingerprint density at radius 2 is 1.86 bits per heavy atom. The van der Waals surface area contributed by atoms with Crippen LogP contribution in [0.2, 0.25) is 5.02 Å². The highest BCUT2D eigenvalue weighted by atomic mass is 35.5. The third kappa shape index (κ3) is 3.96. The highest BCUT2D eigenvalue weighted by Crippen LogP contribution is 2.25. The van der Waals surface area contributed by atoms with Gasteiger partial charge in [0.1, 0.15) is 11.6 Å². The second kappa shape index (κ2) is 6.92. The van der Waals surface area contributed by atoms with Gasteiger partial charge in [-0.25, -0.2) is 4.39 Å². The van der Waals surface area contributed by atoms with Gasteiger partial charge in [0.2, 0.25) is 0 Å². The van der Waals surface area contributed by atoms with E-state index in [0.29, 0.717) is 16.3 Å². The van der Waals surface area contributed by atoms with E-state index in [0.717, 1.165) is 5.56 Å². The second-order valence-electron chi connectivity index (χ2n) is 5.05. The van der Waals surface area contributed by atoms with Crippen molar-refractivity contribution in [2.24, 2.45) is 0 Å². The Balaban J connectivity index is 2.12. The lowest BCUT2D eigenvalue weighted by molar-refractivity contribution is 0.408. The van der Waals surface area contributed by atoms with Crippen LogP contribution in [0.3, 0.4) is 0 Å². The quantitative estimate of drug-likeness (QED) is 0.848. The van der Waals surface area contributed by atoms with Crippen LogP contribution in [0, 0.1) is 5.82 Å². The Hall–Kier alpha value is -1.58. The van der Waals surface area contributed by atoms with Gasteiger partial charge < -0.3 is 10.1 Å². The molecule has 2 aromatic carbocycles. The molecule has 2 atom stereocenters. The minimum absolute atomic E-state index is 0.0696. The third-order valence-electron chi connectivity index (χ3n) is 3.52. The van der Waals surface area contributed by atoms with E-state index in [-0.39, 0.29) is 17.9 Å². The van der Waals surface area contributed by atoms with E-state index in [1.165, 1.54) is 13.2 Å². The standard InChI is InChI=1S/C17H19ClFNO/c1-11(13-5-4-6-14(18)9-13)20-12(2)16-8-7-15(21-3)10-17(16)19/h4-12,20H,1-3H3. The van der Waals surface area contributed by atoms with Gasteiger partial charge in [0.15, 0.2) is 0 Å². The van der Waals surface area contributed by atoms with Crippen LogP contribution in [0.15, 0.2) is 42.5 Å². The highest BCUT2D eigenvalue weighted by molar-refractivity contribution is 6.30. The Morgan fingerprint density at radius 3 is 2.48 bits per heavy atom. The molecule has 2 unspecified atom stereocenters. The van der Waals surface area contributed by atoms with Crippen molar-refractivity contribution in [3.8, 4) is 5.75 Å². The molecule has 0 aromatic heterocycles. The van der Waals surface area contributed by atoms with Crippen LogP contribution in [-0.2, 0) is 0 Å². The monoisotopic (exact) mass is 307 g/mol. The van der Waals surface area contributed by atoms with E-state index in [9.17, 15) is 4.39 Å². The number of hydrogen-bond donors (Lipinski definition) is 1. The number of benzene rings is 2. The van der Waals surface area contributed by atoms with E-state index >= 15 is 0 Å². The first-order chi connectivity index (χ1) is 10.0. The Labute approximate surface area is 129 Å². The molecule has 0 aliphatic carbocycles. The van der Waals surface area contributed by atoms with Crippen LogP contribution in [0.1, 0.15) is 37.1 Å². The predicted octanol–water partition coefficient (Wildman–Crippen LogP) is 4.90. The minimum atomic E-state index is -0.271. The molecule has 0 aliphatic rings. The normalized spacial score (nSPS) is 13.8. The van der Waals surface area contributed by atoms with Gasteiger partial charge in [-0.05, 0) is 37.6 Å². The molecule has 1 N–H and O–H groups in total. The minimum Gasteiger partial charge on any atom is -0.497 e. The predicted molar refractivity (Wildman–Crippen MR) is 84.4 cm³/mol. The molecule has 2 rings (SSSR count). The molecule has 0 radical (unpaired) electrons. The number of nitrogens with one attached hydrogen (secondary N) is 1. The van der Waals surface area contributed by atoms with E-state index in [2.05, 4.69) is 5.32 Å². The summed E-state index contributed by atoms with van der Waals surface area (Å²) in [5, 5.41) is 4.08. The summed E-state index contributed by atoms with van der Waals surface area (Å²) < 4.78 is 19.1. The van der Waals surface area contributed by atoms with Crippen LogP contribution in [-0.4, -0.2) is 7.11 Å². The van der Waals surface area contributed by atoms with Crippen molar-refractivity contribution in [2.75, 3.05) is 7.11 Å². The van der Waals surface area contributed by atoms with Crippen LogP contribution in [0.25, 0.3) is 0 Å². The van der Waals surface area contributed by atoms with Crippen molar-refractivity contribution < 1.29 is 9.13 Å². The number of rotatable bonds is 5. The summed E-state index contributed by atoms with van der Waals surface area (Å²) in [4.78, 5) is 0. The second-order valence-corrected chi connectivity index (χ2v) is 5.49. The molecule has 0 aliphatic heterocycles. The molecule has 0 saturated carbocycles. The number of methoxy groups -OCH3 is 1. The zero-order valence-corrected chi connectivity index (χ0v) is 13.1. The third-order valence-corrected chi connectivity index (χ3v) is 3.76. The topological polar surface area (TPSA) is 21.3 Å². The SMILES string of the molecule is COc1ccc(C(C)NC(C)c2cccc(Cl)c2)c(F)c1. The van der Waals surface area contributed by atoms with E-state index in [4.69, 9.17) is 16.3 Å². The van der Waals surface area contributed by atoms with Gasteiger partial charge in [0.05, 0.1) is 7.11 Å². The van der Waals surface area contributed by atoms with Crippen molar-refractivity contribution in [3.63, 3.8) is 0 Å². The molecular weight excluding hydrogens is 289 g/mol. The highest BCUT2D eigenvalue weighted by Gasteiger charge is 2.15. The van der Waals surface area contributed by atoms with Gasteiger partial charge in [-0.3, -0.25) is 0 Å². The lowest BCUT2D eigenvalue weighted by atomic mass is 10.0. The molecule has 0 heterocycles. The van der Waals surface area contributed by atoms with E-state index in [1.54, 1.807) is 12.1 Å². The zero-order valence-electron chi connectivity index (χ0n) is 12.4. The molecule has 0 bridgehead atoms. The van der Waals surface area contributed by atoms with Gasteiger partial charge in [-0.2, -0.15) is 0 Å². The van der Waals surface area contributed by atoms with E-state index in [1.807, 2.05) is 38.1 Å². The molecule has 0 fully saturated rings. The summed E-state index contributed by atoms with van der Waals surface area (Å²) in [5.41, 5.74) is 1.69. The molecule has 0 amide bonds. The maximum absolute atomic E-state index is 14.1. The molecule has 112 valence electrons. The summed E-state index contributed by atoms with van der Waals surface area (Å²) >= 11 is 6.00. The van der Waals surface area contributed by atoms with Crippen molar-refractivity contribution >= 4 is 11.6 Å². The lowest BCUT2D eigenvalue weighted by Crippen LogP contribution is -2.23. The molecule has 0 saturated heterocycles. The lowest BCUT2D eigenvalue weighted by Gasteiger charge is -2.21. The first-order valence-corrected chi connectivity index (χ1v) is 7.24. The molecule has 0 spiro atoms. The van der Waals surface area contributed by atoms with Crippen LogP contribution in [0.4, 0.5) is 4.39 Å². The van der Waals surface area contributed by atoms with Gasteiger partial charge in [-0.1, -0.05) is 29.8 Å². The fraction of sp³-hybridized carbons (Fsp3) is 0.294. The summed E-state index contributed by atoms with van der Waals surface area (Å²) in [6, 6.07) is 12.5.